The van der Waals surface area contributed by atoms with E-state index in [0.29, 0.717) is 30.3 Å². The number of hydrogen-bond donors (Lipinski definition) is 1. The van der Waals surface area contributed by atoms with Crippen LogP contribution in [-0.4, -0.2) is 58.1 Å². The summed E-state index contributed by atoms with van der Waals surface area (Å²) in [5.74, 6) is -1.06. The van der Waals surface area contributed by atoms with Crippen LogP contribution in [0.5, 0.6) is 0 Å². The minimum absolute atomic E-state index is 0.0305. The number of nitrogens with one attached hydrogen (secondary N) is 1. The number of sulfonamides is 1. The molecular formula is C18H22N4O5S2. The van der Waals surface area contributed by atoms with Crippen LogP contribution in [0, 0.1) is 0 Å². The Kier molecular flexibility index (Phi) is 5.54. The molecule has 1 saturated heterocycles. The third-order valence-corrected chi connectivity index (χ3v) is 7.63. The summed E-state index contributed by atoms with van der Waals surface area (Å²) in [6, 6.07) is 3.97. The van der Waals surface area contributed by atoms with E-state index in [4.69, 9.17) is 4.74 Å². The van der Waals surface area contributed by atoms with E-state index < -0.39 is 28.1 Å². The van der Waals surface area contributed by atoms with Crippen molar-refractivity contribution >= 4 is 44.7 Å². The molecule has 1 aromatic heterocycles. The SMILES string of the molecule is CC(OC(=O)C1CCCCN1S(=O)(=O)c1cccc2nsnc12)C(=O)NC1CC1. The predicted molar refractivity (Wildman–Crippen MR) is 106 cm³/mol. The number of piperidine rings is 1. The number of carbonyl (C=O) groups is 2. The van der Waals surface area contributed by atoms with Gasteiger partial charge in [0.25, 0.3) is 5.91 Å². The molecule has 156 valence electrons. The van der Waals surface area contributed by atoms with Gasteiger partial charge in [0, 0.05) is 12.6 Å². The highest BCUT2D eigenvalue weighted by molar-refractivity contribution is 7.89. The molecule has 1 aromatic carbocycles. The standard InChI is InChI=1S/C18H22N4O5S2/c1-11(17(23)19-12-8-9-12)27-18(24)14-6-2-3-10-22(14)29(25,26)15-7-4-5-13-16(15)21-28-20-13/h4-5,7,11-12,14H,2-3,6,8-10H2,1H3,(H,19,23). The van der Waals surface area contributed by atoms with E-state index in [1.807, 2.05) is 0 Å². The summed E-state index contributed by atoms with van der Waals surface area (Å²) in [5.41, 5.74) is 0.796. The van der Waals surface area contributed by atoms with Crippen molar-refractivity contribution in [3.63, 3.8) is 0 Å². The first kappa shape index (κ1) is 20.2. The van der Waals surface area contributed by atoms with Crippen LogP contribution >= 0.6 is 11.7 Å². The Hall–Kier alpha value is -2.11. The summed E-state index contributed by atoms with van der Waals surface area (Å²) >= 11 is 0.939. The molecule has 2 unspecified atom stereocenters. The first-order chi connectivity index (χ1) is 13.9. The largest absolute Gasteiger partial charge is 0.451 e. The fourth-order valence-electron chi connectivity index (χ4n) is 3.40. The molecule has 2 heterocycles. The highest BCUT2D eigenvalue weighted by atomic mass is 32.2. The summed E-state index contributed by atoms with van der Waals surface area (Å²) < 4.78 is 41.4. The summed E-state index contributed by atoms with van der Waals surface area (Å²) in [7, 11) is -3.98. The lowest BCUT2D eigenvalue weighted by atomic mass is 10.1. The van der Waals surface area contributed by atoms with Crippen molar-refractivity contribution < 1.29 is 22.7 Å². The van der Waals surface area contributed by atoms with Crippen LogP contribution in [0.15, 0.2) is 23.1 Å². The van der Waals surface area contributed by atoms with Crippen LogP contribution in [0.1, 0.15) is 39.0 Å². The average molecular weight is 439 g/mol. The van der Waals surface area contributed by atoms with Crippen molar-refractivity contribution in [3.8, 4) is 0 Å². The third kappa shape index (κ3) is 4.12. The van der Waals surface area contributed by atoms with Gasteiger partial charge >= 0.3 is 5.97 Å². The number of amides is 1. The second-order valence-corrected chi connectivity index (χ2v) is 9.76. The molecule has 1 saturated carbocycles. The first-order valence-electron chi connectivity index (χ1n) is 9.62. The van der Waals surface area contributed by atoms with E-state index in [0.717, 1.165) is 24.6 Å². The van der Waals surface area contributed by atoms with Gasteiger partial charge in [-0.25, -0.2) is 8.42 Å². The van der Waals surface area contributed by atoms with E-state index in [2.05, 4.69) is 14.1 Å². The number of esters is 1. The maximum absolute atomic E-state index is 13.4. The highest BCUT2D eigenvalue weighted by Crippen LogP contribution is 2.30. The number of ether oxygens (including phenoxy) is 1. The lowest BCUT2D eigenvalue weighted by Gasteiger charge is -2.33. The fraction of sp³-hybridized carbons (Fsp3) is 0.556. The van der Waals surface area contributed by atoms with E-state index in [-0.39, 0.29) is 23.4 Å². The van der Waals surface area contributed by atoms with Crippen molar-refractivity contribution in [1.82, 2.24) is 18.4 Å². The topological polar surface area (TPSA) is 119 Å². The maximum atomic E-state index is 13.4. The Bertz CT molecular complexity index is 1030. The average Bonchev–Trinajstić information content (AvgIpc) is 3.39. The van der Waals surface area contributed by atoms with Crippen LogP contribution in [0.2, 0.25) is 0 Å². The van der Waals surface area contributed by atoms with Crippen LogP contribution in [-0.2, 0) is 24.3 Å². The molecule has 1 N–H and O–H groups in total. The van der Waals surface area contributed by atoms with E-state index in [1.165, 1.54) is 17.3 Å². The van der Waals surface area contributed by atoms with Gasteiger partial charge in [0.1, 0.15) is 22.0 Å². The molecule has 2 aliphatic rings. The molecule has 0 radical (unpaired) electrons. The Labute approximate surface area is 172 Å². The molecule has 4 rings (SSSR count). The molecule has 0 bridgehead atoms. The normalized spacial score (nSPS) is 21.6. The zero-order valence-electron chi connectivity index (χ0n) is 15.9. The molecule has 0 spiro atoms. The molecule has 9 nitrogen and oxygen atoms in total. The molecule has 1 amide bonds. The van der Waals surface area contributed by atoms with Gasteiger partial charge in [-0.15, -0.1) is 0 Å². The second-order valence-electron chi connectivity index (χ2n) is 7.38. The van der Waals surface area contributed by atoms with Gasteiger partial charge in [0.05, 0.1) is 11.7 Å². The molecule has 2 aromatic rings. The van der Waals surface area contributed by atoms with Crippen LogP contribution in [0.4, 0.5) is 0 Å². The number of rotatable bonds is 6. The molecular weight excluding hydrogens is 416 g/mol. The fourth-order valence-corrected chi connectivity index (χ4v) is 5.80. The highest BCUT2D eigenvalue weighted by Gasteiger charge is 2.40. The molecule has 29 heavy (non-hydrogen) atoms. The molecule has 2 atom stereocenters. The van der Waals surface area contributed by atoms with Crippen LogP contribution in [0.3, 0.4) is 0 Å². The zero-order valence-corrected chi connectivity index (χ0v) is 17.5. The molecule has 1 aliphatic carbocycles. The lowest BCUT2D eigenvalue weighted by Crippen LogP contribution is -2.50. The van der Waals surface area contributed by atoms with Crippen molar-refractivity contribution in [2.24, 2.45) is 0 Å². The first-order valence-corrected chi connectivity index (χ1v) is 11.8. The van der Waals surface area contributed by atoms with Crippen molar-refractivity contribution in [3.05, 3.63) is 18.2 Å². The van der Waals surface area contributed by atoms with Crippen LogP contribution in [0.25, 0.3) is 11.0 Å². The molecule has 1 aliphatic heterocycles. The Balaban J connectivity index is 1.55. The quantitative estimate of drug-likeness (QED) is 0.678. The Morgan fingerprint density at radius 1 is 1.24 bits per heavy atom. The summed E-state index contributed by atoms with van der Waals surface area (Å²) in [6.07, 6.45) is 2.58. The Morgan fingerprint density at radius 3 is 2.79 bits per heavy atom. The predicted octanol–water partition coefficient (Wildman–Crippen LogP) is 1.44. The van der Waals surface area contributed by atoms with Gasteiger partial charge in [0.15, 0.2) is 6.10 Å². The smallest absolute Gasteiger partial charge is 0.325 e. The number of carbonyl (C=O) groups excluding carboxylic acids is 2. The van der Waals surface area contributed by atoms with E-state index >= 15 is 0 Å². The van der Waals surface area contributed by atoms with Gasteiger partial charge in [-0.1, -0.05) is 6.07 Å². The van der Waals surface area contributed by atoms with Crippen molar-refractivity contribution in [2.45, 2.75) is 62.1 Å². The minimum Gasteiger partial charge on any atom is -0.451 e. The second kappa shape index (κ2) is 7.96. The van der Waals surface area contributed by atoms with Gasteiger partial charge < -0.3 is 10.1 Å². The number of hydrogen-bond acceptors (Lipinski definition) is 8. The van der Waals surface area contributed by atoms with Gasteiger partial charge in [0.2, 0.25) is 10.0 Å². The van der Waals surface area contributed by atoms with Gasteiger partial charge in [-0.2, -0.15) is 13.1 Å². The summed E-state index contributed by atoms with van der Waals surface area (Å²) in [4.78, 5) is 24.9. The summed E-state index contributed by atoms with van der Waals surface area (Å²) in [5, 5.41) is 2.78. The van der Waals surface area contributed by atoms with E-state index in [9.17, 15) is 18.0 Å². The van der Waals surface area contributed by atoms with Gasteiger partial charge in [-0.3, -0.25) is 9.59 Å². The number of fused-ring (bicyclic) bond motifs is 1. The summed E-state index contributed by atoms with van der Waals surface area (Å²) in [6.45, 7) is 1.71. The number of nitrogens with zero attached hydrogens (tertiary/aromatic N) is 3. The minimum atomic E-state index is -3.98. The lowest BCUT2D eigenvalue weighted by molar-refractivity contribution is -0.159. The third-order valence-electron chi connectivity index (χ3n) is 5.15. The maximum Gasteiger partial charge on any atom is 0.325 e. The van der Waals surface area contributed by atoms with Crippen LogP contribution < -0.4 is 5.32 Å². The number of aromatic nitrogens is 2. The Morgan fingerprint density at radius 2 is 2.03 bits per heavy atom. The molecule has 11 heteroatoms. The number of benzene rings is 1. The van der Waals surface area contributed by atoms with Crippen molar-refractivity contribution in [2.75, 3.05) is 6.54 Å². The van der Waals surface area contributed by atoms with Crippen molar-refractivity contribution in [1.29, 1.82) is 0 Å². The zero-order chi connectivity index (χ0) is 20.6. The van der Waals surface area contributed by atoms with Gasteiger partial charge in [-0.05, 0) is 51.2 Å². The monoisotopic (exact) mass is 438 g/mol. The molecule has 2 fully saturated rings. The van der Waals surface area contributed by atoms with E-state index in [1.54, 1.807) is 12.1 Å².